The van der Waals surface area contributed by atoms with Gasteiger partial charge in [-0.15, -0.1) is 11.8 Å². The van der Waals surface area contributed by atoms with Gasteiger partial charge in [0, 0.05) is 11.8 Å². The highest BCUT2D eigenvalue weighted by Gasteiger charge is 2.17. The van der Waals surface area contributed by atoms with Crippen LogP contribution in [0.3, 0.4) is 0 Å². The zero-order valence-electron chi connectivity index (χ0n) is 9.81. The maximum atomic E-state index is 10.9. The summed E-state index contributed by atoms with van der Waals surface area (Å²) >= 11 is 1.10. The van der Waals surface area contributed by atoms with E-state index in [1.54, 1.807) is 6.07 Å². The lowest BCUT2D eigenvalue weighted by Gasteiger charge is -2.09. The molecule has 3 N–H and O–H groups in total. The lowest BCUT2D eigenvalue weighted by Crippen LogP contribution is -2.14. The Hall–Kier alpha value is -1.15. The van der Waals surface area contributed by atoms with E-state index in [1.165, 1.54) is 19.1 Å². The molecule has 1 aromatic carbocycles. The first-order valence-electron chi connectivity index (χ1n) is 5.33. The van der Waals surface area contributed by atoms with Crippen LogP contribution in [0.5, 0.6) is 0 Å². The van der Waals surface area contributed by atoms with Gasteiger partial charge in [-0.05, 0) is 18.6 Å². The minimum atomic E-state index is -0.911. The molecule has 0 heterocycles. The van der Waals surface area contributed by atoms with Gasteiger partial charge in [0.2, 0.25) is 0 Å². The van der Waals surface area contributed by atoms with E-state index in [4.69, 9.17) is 5.11 Å². The molecule has 2 atom stereocenters. The number of rotatable bonds is 6. The summed E-state index contributed by atoms with van der Waals surface area (Å²) in [4.78, 5) is 10.8. The van der Waals surface area contributed by atoms with Crippen LogP contribution in [0.4, 0.5) is 5.69 Å². The van der Waals surface area contributed by atoms with Crippen molar-refractivity contribution >= 4 is 17.4 Å². The summed E-state index contributed by atoms with van der Waals surface area (Å²) in [5.41, 5.74) is 0.359. The standard InChI is InChI=1S/C11H15NO5S/c1-7(14)8-2-3-11(10(4-8)12(16)17)18-6-9(15)5-13/h2-4,7,9,13-15H,5-6H2,1H3/t7-,9?/m0/s1. The fourth-order valence-corrected chi connectivity index (χ4v) is 2.22. The summed E-state index contributed by atoms with van der Waals surface area (Å²) in [6.07, 6.45) is -1.68. The highest BCUT2D eigenvalue weighted by Crippen LogP contribution is 2.32. The number of aliphatic hydroxyl groups excluding tert-OH is 3. The molecule has 100 valence electrons. The van der Waals surface area contributed by atoms with Crippen LogP contribution in [0.15, 0.2) is 23.1 Å². The molecular formula is C11H15NO5S. The topological polar surface area (TPSA) is 104 Å². The van der Waals surface area contributed by atoms with Crippen LogP contribution in [-0.4, -0.2) is 38.7 Å². The molecule has 0 radical (unpaired) electrons. The first-order valence-corrected chi connectivity index (χ1v) is 6.32. The Kier molecular flexibility index (Phi) is 5.54. The van der Waals surface area contributed by atoms with E-state index in [0.29, 0.717) is 10.5 Å². The zero-order valence-corrected chi connectivity index (χ0v) is 10.6. The van der Waals surface area contributed by atoms with Crippen molar-refractivity contribution in [1.29, 1.82) is 0 Å². The van der Waals surface area contributed by atoms with Crippen molar-refractivity contribution in [2.45, 2.75) is 24.0 Å². The predicted molar refractivity (Wildman–Crippen MR) is 67.5 cm³/mol. The Bertz CT molecular complexity index is 424. The predicted octanol–water partition coefficient (Wildman–Crippen LogP) is 1.09. The molecule has 0 spiro atoms. The van der Waals surface area contributed by atoms with Gasteiger partial charge in [0.15, 0.2) is 0 Å². The van der Waals surface area contributed by atoms with Crippen LogP contribution in [0.25, 0.3) is 0 Å². The molecule has 1 rings (SSSR count). The van der Waals surface area contributed by atoms with Crippen LogP contribution < -0.4 is 0 Å². The Morgan fingerprint density at radius 3 is 2.61 bits per heavy atom. The molecule has 0 amide bonds. The van der Waals surface area contributed by atoms with Crippen molar-refractivity contribution in [2.75, 3.05) is 12.4 Å². The van der Waals surface area contributed by atoms with E-state index in [2.05, 4.69) is 0 Å². The average molecular weight is 273 g/mol. The minimum Gasteiger partial charge on any atom is -0.394 e. The molecule has 1 unspecified atom stereocenters. The van der Waals surface area contributed by atoms with E-state index in [1.807, 2.05) is 0 Å². The van der Waals surface area contributed by atoms with E-state index in [-0.39, 0.29) is 18.0 Å². The third-order valence-corrected chi connectivity index (χ3v) is 3.51. The molecule has 1 aromatic rings. The van der Waals surface area contributed by atoms with Crippen LogP contribution in [-0.2, 0) is 0 Å². The number of nitrogens with zero attached hydrogens (tertiary/aromatic N) is 1. The SMILES string of the molecule is C[C@H](O)c1ccc(SCC(O)CO)c([N+](=O)[O-])c1. The number of aliphatic hydroxyl groups is 3. The van der Waals surface area contributed by atoms with Gasteiger partial charge in [-0.3, -0.25) is 10.1 Å². The average Bonchev–Trinajstić information content (AvgIpc) is 2.35. The quantitative estimate of drug-likeness (QED) is 0.407. The van der Waals surface area contributed by atoms with Gasteiger partial charge in [0.05, 0.1) is 28.6 Å². The maximum Gasteiger partial charge on any atom is 0.283 e. The number of nitro groups is 1. The lowest BCUT2D eigenvalue weighted by atomic mass is 10.1. The van der Waals surface area contributed by atoms with Crippen molar-refractivity contribution in [3.8, 4) is 0 Å². The lowest BCUT2D eigenvalue weighted by molar-refractivity contribution is -0.387. The summed E-state index contributed by atoms with van der Waals surface area (Å²) in [5.74, 6) is 0.172. The Labute approximate surface area is 108 Å². The molecule has 0 aliphatic heterocycles. The molecule has 0 aromatic heterocycles. The van der Waals surface area contributed by atoms with E-state index < -0.39 is 17.1 Å². The Morgan fingerprint density at radius 2 is 2.11 bits per heavy atom. The second-order valence-corrected chi connectivity index (χ2v) is 4.87. The number of hydrogen-bond donors (Lipinski definition) is 3. The molecule has 6 nitrogen and oxygen atoms in total. The van der Waals surface area contributed by atoms with Crippen LogP contribution >= 0.6 is 11.8 Å². The zero-order chi connectivity index (χ0) is 13.7. The third kappa shape index (κ3) is 3.95. The van der Waals surface area contributed by atoms with Gasteiger partial charge in [-0.25, -0.2) is 0 Å². The van der Waals surface area contributed by atoms with E-state index >= 15 is 0 Å². The highest BCUT2D eigenvalue weighted by atomic mass is 32.2. The fourth-order valence-electron chi connectivity index (χ4n) is 1.30. The molecule has 0 saturated heterocycles. The first kappa shape index (κ1) is 14.9. The minimum absolute atomic E-state index is 0.108. The van der Waals surface area contributed by atoms with Crippen molar-refractivity contribution in [1.82, 2.24) is 0 Å². The third-order valence-electron chi connectivity index (χ3n) is 2.30. The summed E-state index contributed by atoms with van der Waals surface area (Å²) in [6, 6.07) is 4.46. The van der Waals surface area contributed by atoms with E-state index in [9.17, 15) is 20.3 Å². The second kappa shape index (κ2) is 6.69. The maximum absolute atomic E-state index is 10.9. The van der Waals surface area contributed by atoms with Gasteiger partial charge in [0.25, 0.3) is 5.69 Å². The van der Waals surface area contributed by atoms with Gasteiger partial charge < -0.3 is 15.3 Å². The van der Waals surface area contributed by atoms with Crippen molar-refractivity contribution in [2.24, 2.45) is 0 Å². The monoisotopic (exact) mass is 273 g/mol. The summed E-state index contributed by atoms with van der Waals surface area (Å²) < 4.78 is 0. The molecule has 0 bridgehead atoms. The van der Waals surface area contributed by atoms with Crippen LogP contribution in [0.2, 0.25) is 0 Å². The van der Waals surface area contributed by atoms with Crippen LogP contribution in [0.1, 0.15) is 18.6 Å². The van der Waals surface area contributed by atoms with Crippen molar-refractivity contribution in [3.05, 3.63) is 33.9 Å². The van der Waals surface area contributed by atoms with Crippen molar-refractivity contribution < 1.29 is 20.2 Å². The van der Waals surface area contributed by atoms with E-state index in [0.717, 1.165) is 11.8 Å². The Morgan fingerprint density at radius 1 is 1.44 bits per heavy atom. The Balaban J connectivity index is 2.93. The summed E-state index contributed by atoms with van der Waals surface area (Å²) in [6.45, 7) is 1.15. The molecule has 0 aliphatic carbocycles. The normalized spacial score (nSPS) is 14.2. The number of hydrogen-bond acceptors (Lipinski definition) is 6. The number of nitro benzene ring substituents is 1. The smallest absolute Gasteiger partial charge is 0.283 e. The number of thioether (sulfide) groups is 1. The molecule has 0 fully saturated rings. The van der Waals surface area contributed by atoms with Gasteiger partial charge in [-0.2, -0.15) is 0 Å². The molecule has 7 heteroatoms. The molecule has 0 aliphatic rings. The summed E-state index contributed by atoms with van der Waals surface area (Å²) in [7, 11) is 0. The van der Waals surface area contributed by atoms with Crippen LogP contribution in [0, 0.1) is 10.1 Å². The largest absolute Gasteiger partial charge is 0.394 e. The molecule has 18 heavy (non-hydrogen) atoms. The summed E-state index contributed by atoms with van der Waals surface area (Å²) in [5, 5.41) is 38.2. The highest BCUT2D eigenvalue weighted by molar-refractivity contribution is 7.99. The van der Waals surface area contributed by atoms with Gasteiger partial charge in [-0.1, -0.05) is 6.07 Å². The molecule has 0 saturated carbocycles. The van der Waals surface area contributed by atoms with Gasteiger partial charge in [0.1, 0.15) is 0 Å². The number of benzene rings is 1. The van der Waals surface area contributed by atoms with Gasteiger partial charge >= 0.3 is 0 Å². The van der Waals surface area contributed by atoms with Crippen molar-refractivity contribution in [3.63, 3.8) is 0 Å². The first-order chi connectivity index (χ1) is 8.45. The molecular weight excluding hydrogens is 258 g/mol. The fraction of sp³-hybridized carbons (Fsp3) is 0.455. The second-order valence-electron chi connectivity index (χ2n) is 3.81.